The summed E-state index contributed by atoms with van der Waals surface area (Å²) < 4.78 is 0. The molecule has 2 aromatic carbocycles. The van der Waals surface area contributed by atoms with E-state index in [2.05, 4.69) is 15.3 Å². The van der Waals surface area contributed by atoms with Crippen LogP contribution < -0.4 is 10.2 Å². The van der Waals surface area contributed by atoms with Gasteiger partial charge in [-0.1, -0.05) is 24.3 Å². The monoisotopic (exact) mass is 368 g/mol. The molecule has 4 rings (SSSR count). The summed E-state index contributed by atoms with van der Waals surface area (Å²) in [6.07, 6.45) is 1.72. The van der Waals surface area contributed by atoms with Gasteiger partial charge >= 0.3 is 0 Å². The minimum absolute atomic E-state index is 0.173. The van der Waals surface area contributed by atoms with Crippen molar-refractivity contribution in [3.05, 3.63) is 84.6 Å². The summed E-state index contributed by atoms with van der Waals surface area (Å²) in [5, 5.41) is 3.80. The van der Waals surface area contributed by atoms with Crippen molar-refractivity contribution < 1.29 is 4.79 Å². The van der Waals surface area contributed by atoms with Crippen LogP contribution in [0.4, 0.5) is 11.4 Å². The van der Waals surface area contributed by atoms with E-state index in [1.54, 1.807) is 12.3 Å². The minimum Gasteiger partial charge on any atom is -0.378 e. The second kappa shape index (κ2) is 7.48. The SMILES string of the molecule is CN(C)c1ccc(NC(=O)c2cc(-c3ccccn3)nc3ccccc23)cc1. The third-order valence-electron chi connectivity index (χ3n) is 4.53. The van der Waals surface area contributed by atoms with Crippen LogP contribution in [0, 0.1) is 0 Å². The molecule has 2 heterocycles. The molecule has 0 saturated carbocycles. The van der Waals surface area contributed by atoms with Crippen molar-refractivity contribution in [3.63, 3.8) is 0 Å². The van der Waals surface area contributed by atoms with Crippen LogP contribution in [-0.2, 0) is 0 Å². The Bertz CT molecular complexity index is 1120. The van der Waals surface area contributed by atoms with Crippen molar-refractivity contribution in [3.8, 4) is 11.4 Å². The van der Waals surface area contributed by atoms with Crippen LogP contribution in [0.5, 0.6) is 0 Å². The van der Waals surface area contributed by atoms with Gasteiger partial charge in [0.15, 0.2) is 0 Å². The zero-order valence-electron chi connectivity index (χ0n) is 15.8. The van der Waals surface area contributed by atoms with Crippen molar-refractivity contribution in [2.75, 3.05) is 24.3 Å². The number of para-hydroxylation sites is 1. The Kier molecular flexibility index (Phi) is 4.72. The number of carbonyl (C=O) groups excluding carboxylic acids is 1. The fraction of sp³-hybridized carbons (Fsp3) is 0.0870. The van der Waals surface area contributed by atoms with Gasteiger partial charge in [-0.2, -0.15) is 0 Å². The molecule has 0 saturated heterocycles. The minimum atomic E-state index is -0.173. The van der Waals surface area contributed by atoms with Crippen LogP contribution in [-0.4, -0.2) is 30.0 Å². The van der Waals surface area contributed by atoms with Crippen molar-refractivity contribution in [1.29, 1.82) is 0 Å². The maximum Gasteiger partial charge on any atom is 0.256 e. The van der Waals surface area contributed by atoms with Crippen molar-refractivity contribution in [2.45, 2.75) is 0 Å². The lowest BCUT2D eigenvalue weighted by molar-refractivity contribution is 0.102. The molecule has 1 N–H and O–H groups in total. The first kappa shape index (κ1) is 17.7. The number of amides is 1. The van der Waals surface area contributed by atoms with Gasteiger partial charge < -0.3 is 10.2 Å². The Morgan fingerprint density at radius 1 is 0.893 bits per heavy atom. The molecular weight excluding hydrogens is 348 g/mol. The first-order chi connectivity index (χ1) is 13.6. The molecule has 0 atom stereocenters. The molecule has 0 spiro atoms. The van der Waals surface area contributed by atoms with Gasteiger partial charge in [0.05, 0.1) is 22.5 Å². The second-order valence-electron chi connectivity index (χ2n) is 6.68. The zero-order chi connectivity index (χ0) is 19.5. The van der Waals surface area contributed by atoms with Crippen LogP contribution in [0.25, 0.3) is 22.3 Å². The Labute approximate surface area is 163 Å². The van der Waals surface area contributed by atoms with Gasteiger partial charge in [0.2, 0.25) is 0 Å². The van der Waals surface area contributed by atoms with Crippen molar-refractivity contribution in [1.82, 2.24) is 9.97 Å². The summed E-state index contributed by atoms with van der Waals surface area (Å²) in [6.45, 7) is 0. The van der Waals surface area contributed by atoms with Crippen LogP contribution in [0.3, 0.4) is 0 Å². The molecule has 0 fully saturated rings. The third-order valence-corrected chi connectivity index (χ3v) is 4.53. The molecule has 0 radical (unpaired) electrons. The summed E-state index contributed by atoms with van der Waals surface area (Å²) in [5.74, 6) is -0.173. The fourth-order valence-electron chi connectivity index (χ4n) is 3.05. The highest BCUT2D eigenvalue weighted by molar-refractivity contribution is 6.13. The lowest BCUT2D eigenvalue weighted by Gasteiger charge is -2.14. The van der Waals surface area contributed by atoms with Gasteiger partial charge in [-0.05, 0) is 48.5 Å². The zero-order valence-corrected chi connectivity index (χ0v) is 15.8. The maximum atomic E-state index is 13.1. The predicted octanol–water partition coefficient (Wildman–Crippen LogP) is 4.62. The van der Waals surface area contributed by atoms with Crippen molar-refractivity contribution in [2.24, 2.45) is 0 Å². The number of nitrogens with zero attached hydrogens (tertiary/aromatic N) is 3. The molecule has 5 nitrogen and oxygen atoms in total. The van der Waals surface area contributed by atoms with E-state index in [0.29, 0.717) is 11.3 Å². The van der Waals surface area contributed by atoms with Crippen LogP contribution in [0.15, 0.2) is 79.0 Å². The molecule has 4 aromatic rings. The number of rotatable bonds is 4. The van der Waals surface area contributed by atoms with Gasteiger partial charge in [0.1, 0.15) is 0 Å². The van der Waals surface area contributed by atoms with Crippen LogP contribution in [0.1, 0.15) is 10.4 Å². The number of fused-ring (bicyclic) bond motifs is 1. The fourth-order valence-corrected chi connectivity index (χ4v) is 3.05. The van der Waals surface area contributed by atoms with E-state index in [1.807, 2.05) is 85.7 Å². The number of carbonyl (C=O) groups is 1. The maximum absolute atomic E-state index is 13.1. The molecule has 0 bridgehead atoms. The summed E-state index contributed by atoms with van der Waals surface area (Å²) in [4.78, 5) is 24.1. The number of pyridine rings is 2. The quantitative estimate of drug-likeness (QED) is 0.571. The standard InChI is InChI=1S/C23H20N4O/c1-27(2)17-12-10-16(11-13-17)25-23(28)19-15-22(21-9-5-6-14-24-21)26-20-8-4-3-7-18(19)20/h3-15H,1-2H3,(H,25,28). The first-order valence-corrected chi connectivity index (χ1v) is 9.02. The molecule has 0 aliphatic carbocycles. The highest BCUT2D eigenvalue weighted by Gasteiger charge is 2.14. The first-order valence-electron chi connectivity index (χ1n) is 9.02. The predicted molar refractivity (Wildman–Crippen MR) is 114 cm³/mol. The molecule has 5 heteroatoms. The Morgan fingerprint density at radius 2 is 1.64 bits per heavy atom. The van der Waals surface area contributed by atoms with Gasteiger partial charge in [-0.25, -0.2) is 4.98 Å². The summed E-state index contributed by atoms with van der Waals surface area (Å²) in [6, 6.07) is 22.8. The normalized spacial score (nSPS) is 10.6. The Morgan fingerprint density at radius 3 is 2.36 bits per heavy atom. The highest BCUT2D eigenvalue weighted by atomic mass is 16.1. The molecule has 1 amide bonds. The van der Waals surface area contributed by atoms with Crippen LogP contribution >= 0.6 is 0 Å². The number of nitrogens with one attached hydrogen (secondary N) is 1. The van der Waals surface area contributed by atoms with E-state index < -0.39 is 0 Å². The van der Waals surface area contributed by atoms with E-state index in [1.165, 1.54) is 0 Å². The van der Waals surface area contributed by atoms with E-state index in [9.17, 15) is 4.79 Å². The Balaban J connectivity index is 1.73. The average molecular weight is 368 g/mol. The molecule has 0 unspecified atom stereocenters. The number of hydrogen-bond donors (Lipinski definition) is 1. The second-order valence-corrected chi connectivity index (χ2v) is 6.68. The van der Waals surface area contributed by atoms with Crippen molar-refractivity contribution >= 4 is 28.2 Å². The largest absolute Gasteiger partial charge is 0.378 e. The van der Waals surface area contributed by atoms with Gasteiger partial charge in [-0.3, -0.25) is 9.78 Å². The van der Waals surface area contributed by atoms with Gasteiger partial charge in [0.25, 0.3) is 5.91 Å². The molecule has 28 heavy (non-hydrogen) atoms. The molecule has 138 valence electrons. The summed E-state index contributed by atoms with van der Waals surface area (Å²) in [5.41, 5.74) is 4.56. The van der Waals surface area contributed by atoms with Crippen LogP contribution in [0.2, 0.25) is 0 Å². The van der Waals surface area contributed by atoms with E-state index >= 15 is 0 Å². The molecule has 0 aliphatic rings. The topological polar surface area (TPSA) is 58.1 Å². The average Bonchev–Trinajstić information content (AvgIpc) is 2.74. The summed E-state index contributed by atoms with van der Waals surface area (Å²) in [7, 11) is 3.96. The molecule has 0 aliphatic heterocycles. The van der Waals surface area contributed by atoms with E-state index in [4.69, 9.17) is 0 Å². The third kappa shape index (κ3) is 3.55. The lowest BCUT2D eigenvalue weighted by Crippen LogP contribution is -2.13. The van der Waals surface area contributed by atoms with Gasteiger partial charge in [-0.15, -0.1) is 0 Å². The van der Waals surface area contributed by atoms with Gasteiger partial charge in [0, 0.05) is 37.1 Å². The van der Waals surface area contributed by atoms with E-state index in [-0.39, 0.29) is 5.91 Å². The Hall–Kier alpha value is -3.73. The number of hydrogen-bond acceptors (Lipinski definition) is 4. The number of anilines is 2. The summed E-state index contributed by atoms with van der Waals surface area (Å²) >= 11 is 0. The molecular formula is C23H20N4O. The smallest absolute Gasteiger partial charge is 0.256 e. The van der Waals surface area contributed by atoms with E-state index in [0.717, 1.165) is 28.0 Å². The lowest BCUT2D eigenvalue weighted by atomic mass is 10.1. The highest BCUT2D eigenvalue weighted by Crippen LogP contribution is 2.25. The molecule has 2 aromatic heterocycles. The number of benzene rings is 2. The number of aromatic nitrogens is 2.